The number of carbonyl (C=O) groups is 1. The summed E-state index contributed by atoms with van der Waals surface area (Å²) in [5.74, 6) is 0. The Balaban J connectivity index is 2.61. The van der Waals surface area contributed by atoms with Crippen molar-refractivity contribution in [2.45, 2.75) is 58.1 Å². The molecule has 0 bridgehead atoms. The van der Waals surface area contributed by atoms with Crippen molar-refractivity contribution >= 4 is 6.09 Å². The van der Waals surface area contributed by atoms with Crippen molar-refractivity contribution < 1.29 is 9.53 Å². The first-order valence-electron chi connectivity index (χ1n) is 6.80. The summed E-state index contributed by atoms with van der Waals surface area (Å²) in [6.07, 6.45) is 8.05. The van der Waals surface area contributed by atoms with E-state index in [1.807, 2.05) is 25.7 Å². The van der Waals surface area contributed by atoms with Gasteiger partial charge in [-0.2, -0.15) is 0 Å². The van der Waals surface area contributed by atoms with E-state index in [9.17, 15) is 4.79 Å². The third kappa shape index (κ3) is 5.08. The van der Waals surface area contributed by atoms with Crippen LogP contribution in [-0.2, 0) is 4.74 Å². The maximum Gasteiger partial charge on any atom is 0.410 e. The molecule has 0 spiro atoms. The highest BCUT2D eigenvalue weighted by Gasteiger charge is 2.28. The number of ether oxygens (including phenoxy) is 1. The van der Waals surface area contributed by atoms with E-state index >= 15 is 0 Å². The van der Waals surface area contributed by atoms with Gasteiger partial charge in [-0.1, -0.05) is 12.2 Å². The van der Waals surface area contributed by atoms with Crippen LogP contribution in [0.1, 0.15) is 46.5 Å². The zero-order valence-corrected chi connectivity index (χ0v) is 11.8. The number of piperidine rings is 1. The molecule has 0 aromatic carbocycles. The van der Waals surface area contributed by atoms with Crippen molar-refractivity contribution in [1.29, 1.82) is 0 Å². The summed E-state index contributed by atoms with van der Waals surface area (Å²) < 4.78 is 5.44. The van der Waals surface area contributed by atoms with E-state index in [4.69, 9.17) is 10.5 Å². The van der Waals surface area contributed by atoms with Crippen LogP contribution in [0.25, 0.3) is 0 Å². The number of rotatable bonds is 3. The number of hydrogen-bond donors (Lipinski definition) is 1. The summed E-state index contributed by atoms with van der Waals surface area (Å²) in [6.45, 7) is 7.12. The summed E-state index contributed by atoms with van der Waals surface area (Å²) >= 11 is 0. The minimum atomic E-state index is -0.431. The van der Waals surface area contributed by atoms with Crippen molar-refractivity contribution in [3.63, 3.8) is 0 Å². The van der Waals surface area contributed by atoms with E-state index in [1.54, 1.807) is 0 Å². The van der Waals surface area contributed by atoms with Gasteiger partial charge in [0.25, 0.3) is 0 Å². The quantitative estimate of drug-likeness (QED) is 0.788. The molecule has 0 radical (unpaired) electrons. The maximum atomic E-state index is 12.1. The number of carbonyl (C=O) groups excluding carboxylic acids is 1. The van der Waals surface area contributed by atoms with Gasteiger partial charge in [0.1, 0.15) is 5.60 Å². The minimum Gasteiger partial charge on any atom is -0.444 e. The molecule has 0 aromatic heterocycles. The molecule has 1 fully saturated rings. The number of likely N-dealkylation sites (tertiary alicyclic amines) is 1. The van der Waals surface area contributed by atoms with E-state index in [-0.39, 0.29) is 12.1 Å². The fraction of sp³-hybridized carbons (Fsp3) is 0.786. The van der Waals surface area contributed by atoms with Crippen molar-refractivity contribution in [2.24, 2.45) is 5.73 Å². The first-order valence-corrected chi connectivity index (χ1v) is 6.80. The highest BCUT2D eigenvalue weighted by molar-refractivity contribution is 5.69. The average molecular weight is 254 g/mol. The van der Waals surface area contributed by atoms with Crippen LogP contribution in [0.5, 0.6) is 0 Å². The van der Waals surface area contributed by atoms with Gasteiger partial charge in [0.15, 0.2) is 0 Å². The summed E-state index contributed by atoms with van der Waals surface area (Å²) in [6, 6.07) is 0.167. The molecule has 1 aliphatic rings. The summed E-state index contributed by atoms with van der Waals surface area (Å²) in [5, 5.41) is 0. The second kappa shape index (κ2) is 6.78. The molecular formula is C14H26N2O2. The highest BCUT2D eigenvalue weighted by atomic mass is 16.6. The molecular weight excluding hydrogens is 228 g/mol. The van der Waals surface area contributed by atoms with E-state index in [0.717, 1.165) is 32.2 Å². The number of amides is 1. The van der Waals surface area contributed by atoms with Gasteiger partial charge in [-0.05, 0) is 53.0 Å². The second-order valence-corrected chi connectivity index (χ2v) is 5.74. The third-order valence-corrected chi connectivity index (χ3v) is 2.87. The van der Waals surface area contributed by atoms with Gasteiger partial charge >= 0.3 is 6.09 Å². The third-order valence-electron chi connectivity index (χ3n) is 2.87. The first-order chi connectivity index (χ1) is 8.44. The van der Waals surface area contributed by atoms with Gasteiger partial charge in [-0.25, -0.2) is 4.79 Å². The van der Waals surface area contributed by atoms with Crippen molar-refractivity contribution in [3.05, 3.63) is 12.2 Å². The van der Waals surface area contributed by atoms with E-state index in [2.05, 4.69) is 12.2 Å². The Labute approximate surface area is 110 Å². The standard InChI is InChI=1S/C14H26N2O2/c1-14(2,3)18-13(17)16-11-7-5-9-12(16)8-4-6-10-15/h4,8,12H,5-7,9-11,15H2,1-3H3/b8-4+. The summed E-state index contributed by atoms with van der Waals surface area (Å²) in [5.41, 5.74) is 5.03. The molecule has 1 aliphatic heterocycles. The van der Waals surface area contributed by atoms with Crippen LogP contribution in [0.15, 0.2) is 12.2 Å². The van der Waals surface area contributed by atoms with Crippen LogP contribution in [0, 0.1) is 0 Å². The van der Waals surface area contributed by atoms with Gasteiger partial charge < -0.3 is 15.4 Å². The van der Waals surface area contributed by atoms with E-state index in [0.29, 0.717) is 6.54 Å². The molecule has 1 unspecified atom stereocenters. The number of nitrogens with two attached hydrogens (primary N) is 1. The molecule has 0 saturated carbocycles. The zero-order valence-electron chi connectivity index (χ0n) is 11.8. The summed E-state index contributed by atoms with van der Waals surface area (Å²) in [4.78, 5) is 13.9. The van der Waals surface area contributed by atoms with Crippen LogP contribution in [-0.4, -0.2) is 35.7 Å². The zero-order chi connectivity index (χ0) is 13.6. The first kappa shape index (κ1) is 15.0. The van der Waals surface area contributed by atoms with Crippen LogP contribution >= 0.6 is 0 Å². The predicted molar refractivity (Wildman–Crippen MR) is 73.4 cm³/mol. The monoisotopic (exact) mass is 254 g/mol. The smallest absolute Gasteiger partial charge is 0.410 e. The van der Waals surface area contributed by atoms with Gasteiger partial charge in [-0.3, -0.25) is 0 Å². The number of nitrogens with zero attached hydrogens (tertiary/aromatic N) is 1. The predicted octanol–water partition coefficient (Wildman–Crippen LogP) is 2.68. The molecule has 104 valence electrons. The lowest BCUT2D eigenvalue weighted by molar-refractivity contribution is 0.0149. The largest absolute Gasteiger partial charge is 0.444 e. The molecule has 4 heteroatoms. The van der Waals surface area contributed by atoms with Gasteiger partial charge in [0, 0.05) is 6.54 Å². The topological polar surface area (TPSA) is 55.6 Å². The molecule has 4 nitrogen and oxygen atoms in total. The Morgan fingerprint density at radius 1 is 1.44 bits per heavy atom. The van der Waals surface area contributed by atoms with E-state index < -0.39 is 5.60 Å². The van der Waals surface area contributed by atoms with Crippen LogP contribution in [0.3, 0.4) is 0 Å². The van der Waals surface area contributed by atoms with Gasteiger partial charge in [0.05, 0.1) is 6.04 Å². The maximum absolute atomic E-state index is 12.1. The van der Waals surface area contributed by atoms with Crippen LogP contribution < -0.4 is 5.73 Å². The SMILES string of the molecule is CC(C)(C)OC(=O)N1CCCCC1/C=C/CCN. The lowest BCUT2D eigenvalue weighted by Crippen LogP contribution is -2.45. The highest BCUT2D eigenvalue weighted by Crippen LogP contribution is 2.21. The Bertz CT molecular complexity index is 295. The van der Waals surface area contributed by atoms with Crippen molar-refractivity contribution in [3.8, 4) is 0 Å². The molecule has 1 saturated heterocycles. The molecule has 1 atom stereocenters. The van der Waals surface area contributed by atoms with Gasteiger partial charge in [0.2, 0.25) is 0 Å². The average Bonchev–Trinajstić information content (AvgIpc) is 2.27. The van der Waals surface area contributed by atoms with Gasteiger partial charge in [-0.15, -0.1) is 0 Å². The molecule has 0 aliphatic carbocycles. The lowest BCUT2D eigenvalue weighted by Gasteiger charge is -2.35. The van der Waals surface area contributed by atoms with Crippen LogP contribution in [0.4, 0.5) is 4.79 Å². The Morgan fingerprint density at radius 3 is 2.78 bits per heavy atom. The summed E-state index contributed by atoms with van der Waals surface area (Å²) in [7, 11) is 0. The fourth-order valence-electron chi connectivity index (χ4n) is 2.05. The molecule has 18 heavy (non-hydrogen) atoms. The van der Waals surface area contributed by atoms with Crippen LogP contribution in [0.2, 0.25) is 0 Å². The molecule has 2 N–H and O–H groups in total. The Morgan fingerprint density at radius 2 is 2.17 bits per heavy atom. The van der Waals surface area contributed by atoms with E-state index in [1.165, 1.54) is 0 Å². The molecule has 1 amide bonds. The Hall–Kier alpha value is -1.03. The number of hydrogen-bond acceptors (Lipinski definition) is 3. The minimum absolute atomic E-state index is 0.167. The normalized spacial score (nSPS) is 21.3. The molecule has 1 rings (SSSR count). The second-order valence-electron chi connectivity index (χ2n) is 5.74. The van der Waals surface area contributed by atoms with Crippen molar-refractivity contribution in [1.82, 2.24) is 4.90 Å². The molecule has 1 heterocycles. The fourth-order valence-corrected chi connectivity index (χ4v) is 2.05. The van der Waals surface area contributed by atoms with Crippen molar-refractivity contribution in [2.75, 3.05) is 13.1 Å². The lowest BCUT2D eigenvalue weighted by atomic mass is 10.0. The molecule has 0 aromatic rings. The Kier molecular flexibility index (Phi) is 5.66.